The SMILES string of the molecule is Cc1cc2c(c(O)c1C)O2. The molecule has 1 aromatic carbocycles. The fraction of sp³-hybridized carbons (Fsp3) is 0.250. The molecule has 0 amide bonds. The first kappa shape index (κ1) is 5.59. The lowest BCUT2D eigenvalue weighted by Gasteiger charge is -1.95. The van der Waals surface area contributed by atoms with E-state index in [9.17, 15) is 5.11 Å². The van der Waals surface area contributed by atoms with E-state index in [1.165, 1.54) is 0 Å². The topological polar surface area (TPSA) is 32.8 Å². The van der Waals surface area contributed by atoms with Gasteiger partial charge in [-0.1, -0.05) is 0 Å². The van der Waals surface area contributed by atoms with E-state index in [2.05, 4.69) is 0 Å². The summed E-state index contributed by atoms with van der Waals surface area (Å²) >= 11 is 0. The average molecular weight is 136 g/mol. The molecule has 1 N–H and O–H groups in total. The van der Waals surface area contributed by atoms with E-state index in [1.54, 1.807) is 0 Å². The summed E-state index contributed by atoms with van der Waals surface area (Å²) in [5, 5.41) is 9.31. The second-order valence-corrected chi connectivity index (χ2v) is 2.60. The van der Waals surface area contributed by atoms with E-state index in [-0.39, 0.29) is 0 Å². The number of benzene rings is 1. The molecule has 0 aliphatic carbocycles. The Labute approximate surface area is 59.1 Å². The average Bonchev–Trinajstić information content (AvgIpc) is 2.62. The smallest absolute Gasteiger partial charge is 0.211 e. The number of aryl methyl sites for hydroxylation is 1. The van der Waals surface area contributed by atoms with Gasteiger partial charge in [-0.25, -0.2) is 0 Å². The van der Waals surface area contributed by atoms with Crippen molar-refractivity contribution in [1.82, 2.24) is 0 Å². The molecule has 52 valence electrons. The van der Waals surface area contributed by atoms with E-state index in [1.807, 2.05) is 19.9 Å². The van der Waals surface area contributed by atoms with Gasteiger partial charge in [-0.3, -0.25) is 0 Å². The normalized spacial score (nSPS) is 12.2. The minimum Gasteiger partial charge on any atom is -0.504 e. The van der Waals surface area contributed by atoms with Crippen molar-refractivity contribution < 1.29 is 9.84 Å². The maximum absolute atomic E-state index is 9.31. The lowest BCUT2D eigenvalue weighted by molar-refractivity contribution is 0.459. The van der Waals surface area contributed by atoms with Crippen LogP contribution >= 0.6 is 0 Å². The Morgan fingerprint density at radius 2 is 2.10 bits per heavy atom. The standard InChI is InChI=1S/C8H8O2/c1-4-3-6-8(10-6)7(9)5(4)2/h3,9H,1-2H3. The molecule has 0 bridgehead atoms. The number of hydrogen-bond donors (Lipinski definition) is 1. The van der Waals surface area contributed by atoms with Gasteiger partial charge >= 0.3 is 0 Å². The number of fused-ring (bicyclic) bond motifs is 1. The van der Waals surface area contributed by atoms with Crippen LogP contribution in [0.2, 0.25) is 0 Å². The molecule has 0 saturated carbocycles. The van der Waals surface area contributed by atoms with Crippen LogP contribution in [0.3, 0.4) is 0 Å². The molecule has 0 atom stereocenters. The van der Waals surface area contributed by atoms with Crippen LogP contribution in [0, 0.1) is 13.8 Å². The Balaban J connectivity index is 2.73. The first-order chi connectivity index (χ1) is 4.70. The lowest BCUT2D eigenvalue weighted by atomic mass is 10.1. The molecule has 1 aliphatic heterocycles. The van der Waals surface area contributed by atoms with Crippen molar-refractivity contribution in [3.63, 3.8) is 0 Å². The molecule has 1 heterocycles. The van der Waals surface area contributed by atoms with Crippen LogP contribution in [0.15, 0.2) is 6.07 Å². The summed E-state index contributed by atoms with van der Waals surface area (Å²) in [6, 6.07) is 1.93. The number of hydrogen-bond acceptors (Lipinski definition) is 2. The molecule has 0 spiro atoms. The van der Waals surface area contributed by atoms with Crippen molar-refractivity contribution in [1.29, 1.82) is 0 Å². The van der Waals surface area contributed by atoms with Gasteiger partial charge in [0.25, 0.3) is 0 Å². The van der Waals surface area contributed by atoms with E-state index < -0.39 is 0 Å². The summed E-state index contributed by atoms with van der Waals surface area (Å²) in [7, 11) is 0. The van der Waals surface area contributed by atoms with E-state index in [0.29, 0.717) is 11.5 Å². The molecule has 1 aliphatic rings. The Kier molecular flexibility index (Phi) is 0.813. The minimum atomic E-state index is 0.301. The largest absolute Gasteiger partial charge is 0.504 e. The summed E-state index contributed by atoms with van der Waals surface area (Å²) in [6.07, 6.45) is 0. The molecular formula is C8H8O2. The van der Waals surface area contributed by atoms with Crippen LogP contribution in [0.5, 0.6) is 17.2 Å². The number of aromatic hydroxyl groups is 1. The van der Waals surface area contributed by atoms with Crippen molar-refractivity contribution in [2.24, 2.45) is 0 Å². The van der Waals surface area contributed by atoms with Gasteiger partial charge < -0.3 is 9.84 Å². The van der Waals surface area contributed by atoms with Gasteiger partial charge in [-0.2, -0.15) is 0 Å². The molecule has 10 heavy (non-hydrogen) atoms. The second kappa shape index (κ2) is 1.45. The number of rotatable bonds is 0. The highest BCUT2D eigenvalue weighted by atomic mass is 16.6. The van der Waals surface area contributed by atoms with Gasteiger partial charge in [0.1, 0.15) is 0 Å². The molecule has 2 nitrogen and oxygen atoms in total. The highest BCUT2D eigenvalue weighted by molar-refractivity contribution is 5.67. The van der Waals surface area contributed by atoms with Crippen LogP contribution in [0.4, 0.5) is 0 Å². The van der Waals surface area contributed by atoms with Crippen LogP contribution in [0.1, 0.15) is 11.1 Å². The van der Waals surface area contributed by atoms with E-state index >= 15 is 0 Å². The quantitative estimate of drug-likeness (QED) is 0.562. The molecule has 0 saturated heterocycles. The maximum Gasteiger partial charge on any atom is 0.211 e. The first-order valence-electron chi connectivity index (χ1n) is 3.21. The maximum atomic E-state index is 9.31. The third kappa shape index (κ3) is 0.533. The zero-order valence-electron chi connectivity index (χ0n) is 5.93. The molecule has 0 aromatic heterocycles. The highest BCUT2D eigenvalue weighted by Crippen LogP contribution is 2.54. The molecule has 0 fully saturated rings. The molecule has 0 radical (unpaired) electrons. The Morgan fingerprint density at radius 3 is 2.80 bits per heavy atom. The number of phenolic OH excluding ortho intramolecular Hbond substituents is 1. The summed E-state index contributed by atoms with van der Waals surface area (Å²) in [5.41, 5.74) is 1.99. The Bertz CT molecular complexity index is 300. The van der Waals surface area contributed by atoms with E-state index in [0.717, 1.165) is 16.9 Å². The lowest BCUT2D eigenvalue weighted by Crippen LogP contribution is -1.75. The Hall–Kier alpha value is -1.18. The summed E-state index contributed by atoms with van der Waals surface area (Å²) in [4.78, 5) is 0. The molecular weight excluding hydrogens is 128 g/mol. The first-order valence-corrected chi connectivity index (χ1v) is 3.21. The Morgan fingerprint density at radius 1 is 1.40 bits per heavy atom. The van der Waals surface area contributed by atoms with Gasteiger partial charge in [0, 0.05) is 0 Å². The zero-order chi connectivity index (χ0) is 7.30. The fourth-order valence-electron chi connectivity index (χ4n) is 1.01. The number of phenols is 1. The van der Waals surface area contributed by atoms with E-state index in [4.69, 9.17) is 4.74 Å². The third-order valence-corrected chi connectivity index (χ3v) is 1.90. The van der Waals surface area contributed by atoms with Crippen molar-refractivity contribution in [3.05, 3.63) is 17.2 Å². The van der Waals surface area contributed by atoms with Gasteiger partial charge in [0.2, 0.25) is 5.75 Å². The predicted octanol–water partition coefficient (Wildman–Crippen LogP) is 2.11. The van der Waals surface area contributed by atoms with Crippen molar-refractivity contribution in [2.45, 2.75) is 13.8 Å². The molecule has 2 rings (SSSR count). The highest BCUT2D eigenvalue weighted by Gasteiger charge is 2.26. The monoisotopic (exact) mass is 136 g/mol. The second-order valence-electron chi connectivity index (χ2n) is 2.60. The van der Waals surface area contributed by atoms with Gasteiger partial charge in [0.05, 0.1) is 0 Å². The van der Waals surface area contributed by atoms with Crippen LogP contribution in [0.25, 0.3) is 0 Å². The number of ether oxygens (including phenoxy) is 1. The van der Waals surface area contributed by atoms with Gasteiger partial charge in [-0.15, -0.1) is 0 Å². The van der Waals surface area contributed by atoms with Crippen LogP contribution < -0.4 is 4.74 Å². The predicted molar refractivity (Wildman–Crippen MR) is 37.7 cm³/mol. The van der Waals surface area contributed by atoms with Crippen molar-refractivity contribution in [2.75, 3.05) is 0 Å². The van der Waals surface area contributed by atoms with Crippen molar-refractivity contribution in [3.8, 4) is 17.2 Å². The summed E-state index contributed by atoms with van der Waals surface area (Å²) in [5.74, 6) is 1.78. The van der Waals surface area contributed by atoms with Gasteiger partial charge in [-0.05, 0) is 31.0 Å². The minimum absolute atomic E-state index is 0.301. The van der Waals surface area contributed by atoms with Crippen LogP contribution in [-0.2, 0) is 0 Å². The van der Waals surface area contributed by atoms with Gasteiger partial charge in [0.15, 0.2) is 11.5 Å². The molecule has 1 aromatic rings. The van der Waals surface area contributed by atoms with Crippen molar-refractivity contribution >= 4 is 0 Å². The zero-order valence-corrected chi connectivity index (χ0v) is 5.93. The summed E-state index contributed by atoms with van der Waals surface area (Å²) in [6.45, 7) is 3.84. The van der Waals surface area contributed by atoms with Crippen LogP contribution in [-0.4, -0.2) is 5.11 Å². The third-order valence-electron chi connectivity index (χ3n) is 1.90. The molecule has 0 unspecified atom stereocenters. The summed E-state index contributed by atoms with van der Waals surface area (Å²) < 4.78 is 4.98. The molecule has 2 heteroatoms. The fourth-order valence-corrected chi connectivity index (χ4v) is 1.01.